The summed E-state index contributed by atoms with van der Waals surface area (Å²) in [6.45, 7) is 2.62. The molecule has 11 heteroatoms. The maximum atomic E-state index is 12.9. The summed E-state index contributed by atoms with van der Waals surface area (Å²) in [5.74, 6) is -1.16. The van der Waals surface area contributed by atoms with Gasteiger partial charge in [0, 0.05) is 48.1 Å². The van der Waals surface area contributed by atoms with Crippen LogP contribution in [0.4, 0.5) is 13.2 Å². The second kappa shape index (κ2) is 12.9. The van der Waals surface area contributed by atoms with Crippen molar-refractivity contribution >= 4 is 17.6 Å². The van der Waals surface area contributed by atoms with Crippen LogP contribution in [0, 0.1) is 0 Å². The fourth-order valence-electron chi connectivity index (χ4n) is 6.07. The molecule has 2 amide bonds. The van der Waals surface area contributed by atoms with Crippen molar-refractivity contribution in [3.05, 3.63) is 89.2 Å². The molecule has 3 aromatic rings. The van der Waals surface area contributed by atoms with Gasteiger partial charge in [0.15, 0.2) is 5.78 Å². The number of rotatable bonds is 8. The third kappa shape index (κ3) is 7.34. The molecule has 1 saturated heterocycles. The van der Waals surface area contributed by atoms with Gasteiger partial charge in [0.05, 0.1) is 17.8 Å². The highest BCUT2D eigenvalue weighted by Gasteiger charge is 2.39. The van der Waals surface area contributed by atoms with Crippen LogP contribution in [0.25, 0.3) is 11.1 Å². The number of nitrogens with zero attached hydrogens (tertiary/aromatic N) is 2. The second-order valence-electron chi connectivity index (χ2n) is 11.6. The maximum absolute atomic E-state index is 12.9. The largest absolute Gasteiger partial charge is 0.416 e. The van der Waals surface area contributed by atoms with Gasteiger partial charge in [-0.3, -0.25) is 24.3 Å². The van der Waals surface area contributed by atoms with Crippen LogP contribution in [0.1, 0.15) is 71.0 Å². The average molecular weight is 609 g/mol. The number of aliphatic hydroxyl groups is 1. The summed E-state index contributed by atoms with van der Waals surface area (Å²) >= 11 is 0. The molecule has 1 aliphatic heterocycles. The van der Waals surface area contributed by atoms with Gasteiger partial charge in [0.1, 0.15) is 5.60 Å². The fourth-order valence-corrected chi connectivity index (χ4v) is 6.07. The van der Waals surface area contributed by atoms with E-state index >= 15 is 0 Å². The molecule has 2 heterocycles. The van der Waals surface area contributed by atoms with E-state index in [2.05, 4.69) is 20.5 Å². The molecular weight excluding hydrogens is 573 g/mol. The number of Topliss-reactive ketones (excluding diaryl/α,β-unsaturated/α-hetero) is 1. The van der Waals surface area contributed by atoms with Crippen LogP contribution in [-0.2, 0) is 16.6 Å². The molecule has 0 radical (unpaired) electrons. The van der Waals surface area contributed by atoms with E-state index in [-0.39, 0.29) is 30.0 Å². The lowest BCUT2D eigenvalue weighted by Gasteiger charge is -2.39. The standard InChI is InChI=1S/C33H35F3N4O4/c1-21(41)22-4-2-5-23(16-22)25-8-9-29(37-18-25)32(44)13-10-28(11-14-32)40-15-12-27(20-40)39-30(42)19-38-31(43)24-6-3-7-26(17-24)33(34,35)36/h2-9,16-18,27-28,44H,10-15,19-20H2,1H3,(H,38,43)(H,39,42)/t27-,28?,32?/m1/s1. The van der Waals surface area contributed by atoms with Crippen molar-refractivity contribution in [3.63, 3.8) is 0 Å². The molecule has 3 N–H and O–H groups in total. The Balaban J connectivity index is 1.08. The Kier molecular flexibility index (Phi) is 9.17. The van der Waals surface area contributed by atoms with E-state index < -0.39 is 29.2 Å². The molecule has 0 spiro atoms. The van der Waals surface area contributed by atoms with Gasteiger partial charge in [-0.2, -0.15) is 13.2 Å². The third-order valence-corrected chi connectivity index (χ3v) is 8.59. The Bertz CT molecular complexity index is 1520. The third-order valence-electron chi connectivity index (χ3n) is 8.59. The van der Waals surface area contributed by atoms with Gasteiger partial charge in [0.2, 0.25) is 5.91 Å². The normalized spacial score (nSPS) is 22.4. The van der Waals surface area contributed by atoms with Crippen molar-refractivity contribution in [2.24, 2.45) is 0 Å². The molecule has 2 aliphatic rings. The number of likely N-dealkylation sites (tertiary alicyclic amines) is 1. The molecule has 44 heavy (non-hydrogen) atoms. The summed E-state index contributed by atoms with van der Waals surface area (Å²) in [5.41, 5.74) is 0.901. The molecular formula is C33H35F3N4O4. The fraction of sp³-hybridized carbons (Fsp3) is 0.394. The molecule has 8 nitrogen and oxygen atoms in total. The highest BCUT2D eigenvalue weighted by molar-refractivity contribution is 5.96. The number of hydrogen-bond donors (Lipinski definition) is 3. The zero-order valence-electron chi connectivity index (χ0n) is 24.4. The maximum Gasteiger partial charge on any atom is 0.416 e. The van der Waals surface area contributed by atoms with Gasteiger partial charge in [-0.25, -0.2) is 0 Å². The van der Waals surface area contributed by atoms with E-state index in [9.17, 15) is 32.7 Å². The number of carbonyl (C=O) groups is 3. The number of amides is 2. The van der Waals surface area contributed by atoms with Gasteiger partial charge < -0.3 is 15.7 Å². The van der Waals surface area contributed by atoms with E-state index in [0.29, 0.717) is 30.6 Å². The monoisotopic (exact) mass is 608 g/mol. The predicted molar refractivity (Wildman–Crippen MR) is 158 cm³/mol. The SMILES string of the molecule is CC(=O)c1cccc(-c2ccc(C3(O)CCC(N4CC[C@@H](NC(=O)CNC(=O)c5cccc(C(F)(F)F)c5)C4)CC3)nc2)c1. The summed E-state index contributed by atoms with van der Waals surface area (Å²) < 4.78 is 38.8. The Morgan fingerprint density at radius 3 is 2.39 bits per heavy atom. The minimum atomic E-state index is -4.56. The Labute approximate surface area is 253 Å². The summed E-state index contributed by atoms with van der Waals surface area (Å²) in [6, 6.07) is 15.4. The van der Waals surface area contributed by atoms with Crippen LogP contribution in [0.5, 0.6) is 0 Å². The summed E-state index contributed by atoms with van der Waals surface area (Å²) in [6.07, 6.45) is 0.560. The number of benzene rings is 2. The van der Waals surface area contributed by atoms with Gasteiger partial charge in [-0.05, 0) is 74.9 Å². The topological polar surface area (TPSA) is 112 Å². The minimum absolute atomic E-state index is 0.00448. The van der Waals surface area contributed by atoms with Crippen molar-refractivity contribution in [2.75, 3.05) is 19.6 Å². The molecule has 2 aromatic carbocycles. The van der Waals surface area contributed by atoms with Crippen LogP contribution < -0.4 is 10.6 Å². The molecule has 1 aromatic heterocycles. The molecule has 2 fully saturated rings. The summed E-state index contributed by atoms with van der Waals surface area (Å²) in [4.78, 5) is 43.4. The molecule has 232 valence electrons. The van der Waals surface area contributed by atoms with Gasteiger partial charge in [-0.1, -0.05) is 30.3 Å². The number of aromatic nitrogens is 1. The lowest BCUT2D eigenvalue weighted by atomic mass is 9.79. The zero-order valence-corrected chi connectivity index (χ0v) is 24.4. The molecule has 1 saturated carbocycles. The lowest BCUT2D eigenvalue weighted by molar-refractivity contribution is -0.137. The van der Waals surface area contributed by atoms with E-state index in [0.717, 1.165) is 55.1 Å². The first-order valence-electron chi connectivity index (χ1n) is 14.7. The minimum Gasteiger partial charge on any atom is -0.384 e. The smallest absolute Gasteiger partial charge is 0.384 e. The van der Waals surface area contributed by atoms with E-state index in [1.165, 1.54) is 13.0 Å². The summed E-state index contributed by atoms with van der Waals surface area (Å²) in [5, 5.41) is 16.7. The van der Waals surface area contributed by atoms with Gasteiger partial charge in [-0.15, -0.1) is 0 Å². The zero-order chi connectivity index (χ0) is 31.5. The molecule has 0 unspecified atom stereocenters. The van der Waals surface area contributed by atoms with E-state index in [4.69, 9.17) is 0 Å². The molecule has 1 atom stereocenters. The van der Waals surface area contributed by atoms with Crippen molar-refractivity contribution in [1.82, 2.24) is 20.5 Å². The quantitative estimate of drug-likeness (QED) is 0.319. The number of hydrogen-bond acceptors (Lipinski definition) is 6. The van der Waals surface area contributed by atoms with E-state index in [1.807, 2.05) is 30.3 Å². The van der Waals surface area contributed by atoms with Crippen molar-refractivity contribution in [1.29, 1.82) is 0 Å². The van der Waals surface area contributed by atoms with Crippen LogP contribution in [0.2, 0.25) is 0 Å². The van der Waals surface area contributed by atoms with Crippen LogP contribution in [0.15, 0.2) is 66.9 Å². The first-order chi connectivity index (χ1) is 20.9. The van der Waals surface area contributed by atoms with E-state index in [1.54, 1.807) is 12.3 Å². The van der Waals surface area contributed by atoms with Crippen molar-refractivity contribution in [3.8, 4) is 11.1 Å². The first kappa shape index (κ1) is 31.3. The van der Waals surface area contributed by atoms with Crippen LogP contribution >= 0.6 is 0 Å². The lowest BCUT2D eigenvalue weighted by Crippen LogP contribution is -2.45. The summed E-state index contributed by atoms with van der Waals surface area (Å²) in [7, 11) is 0. The Morgan fingerprint density at radius 2 is 1.70 bits per heavy atom. The number of carbonyl (C=O) groups excluding carboxylic acids is 3. The van der Waals surface area contributed by atoms with Crippen molar-refractivity contribution < 1.29 is 32.7 Å². The number of ketones is 1. The highest BCUT2D eigenvalue weighted by atomic mass is 19.4. The predicted octanol–water partition coefficient (Wildman–Crippen LogP) is 4.72. The average Bonchev–Trinajstić information content (AvgIpc) is 3.48. The van der Waals surface area contributed by atoms with Crippen LogP contribution in [0.3, 0.4) is 0 Å². The number of alkyl halides is 3. The number of halogens is 3. The molecule has 0 bridgehead atoms. The number of pyridine rings is 1. The Morgan fingerprint density at radius 1 is 0.977 bits per heavy atom. The van der Waals surface area contributed by atoms with Crippen LogP contribution in [-0.4, -0.2) is 64.3 Å². The van der Waals surface area contributed by atoms with Gasteiger partial charge in [0.25, 0.3) is 5.91 Å². The molecule has 5 rings (SSSR count). The Hall–Kier alpha value is -4.09. The second-order valence-corrected chi connectivity index (χ2v) is 11.6. The van der Waals surface area contributed by atoms with Gasteiger partial charge >= 0.3 is 6.18 Å². The number of nitrogens with one attached hydrogen (secondary N) is 2. The highest BCUT2D eigenvalue weighted by Crippen LogP contribution is 2.39. The molecule has 1 aliphatic carbocycles. The van der Waals surface area contributed by atoms with Crippen molar-refractivity contribution in [2.45, 2.75) is 62.9 Å². The first-order valence-corrected chi connectivity index (χ1v) is 14.7.